The number of hydrogen-bond donors (Lipinski definition) is 1. The van der Waals surface area contributed by atoms with Crippen molar-refractivity contribution in [1.29, 1.82) is 0 Å². The van der Waals surface area contributed by atoms with Gasteiger partial charge in [0.1, 0.15) is 5.75 Å². The van der Waals surface area contributed by atoms with Crippen LogP contribution in [-0.2, 0) is 16.1 Å². The molecule has 172 valence electrons. The van der Waals surface area contributed by atoms with Gasteiger partial charge in [-0.3, -0.25) is 9.69 Å². The summed E-state index contributed by atoms with van der Waals surface area (Å²) in [6.45, 7) is 1.86. The number of carbonyl (C=O) groups is 2. The number of piperidine rings is 1. The van der Waals surface area contributed by atoms with Crippen LogP contribution in [0.3, 0.4) is 0 Å². The van der Waals surface area contributed by atoms with Gasteiger partial charge >= 0.3 is 5.97 Å². The minimum atomic E-state index is -0.486. The van der Waals surface area contributed by atoms with E-state index in [9.17, 15) is 9.59 Å². The largest absolute Gasteiger partial charge is 0.497 e. The van der Waals surface area contributed by atoms with Gasteiger partial charge in [0.25, 0.3) is 0 Å². The van der Waals surface area contributed by atoms with Crippen LogP contribution >= 0.6 is 0 Å². The van der Waals surface area contributed by atoms with Crippen LogP contribution in [0.25, 0.3) is 11.4 Å². The van der Waals surface area contributed by atoms with Gasteiger partial charge in [-0.05, 0) is 55.8 Å². The number of para-hydroxylation sites is 1. The van der Waals surface area contributed by atoms with Crippen molar-refractivity contribution in [3.63, 3.8) is 0 Å². The molecule has 9 heteroatoms. The first kappa shape index (κ1) is 22.5. The molecule has 1 atom stereocenters. The Hall–Kier alpha value is -3.72. The molecule has 1 aliphatic heterocycles. The molecule has 0 radical (unpaired) electrons. The summed E-state index contributed by atoms with van der Waals surface area (Å²) < 4.78 is 15.4. The number of rotatable bonds is 7. The topological polar surface area (TPSA) is 107 Å². The first-order valence-corrected chi connectivity index (χ1v) is 10.7. The number of methoxy groups -OCH3 is 2. The Morgan fingerprint density at radius 3 is 2.70 bits per heavy atom. The molecule has 3 aromatic rings. The molecular formula is C24H26N4O5. The molecular weight excluding hydrogens is 424 g/mol. The van der Waals surface area contributed by atoms with Crippen molar-refractivity contribution in [3.8, 4) is 17.1 Å². The number of nitrogens with one attached hydrogen (secondary N) is 1. The van der Waals surface area contributed by atoms with Crippen LogP contribution in [0, 0.1) is 5.92 Å². The van der Waals surface area contributed by atoms with Crippen molar-refractivity contribution in [3.05, 3.63) is 60.0 Å². The van der Waals surface area contributed by atoms with Gasteiger partial charge in [0, 0.05) is 12.1 Å². The molecule has 1 aromatic heterocycles. The molecule has 2 aromatic carbocycles. The van der Waals surface area contributed by atoms with Crippen molar-refractivity contribution in [2.24, 2.45) is 5.92 Å². The number of esters is 1. The molecule has 1 saturated heterocycles. The molecule has 1 amide bonds. The second-order valence-corrected chi connectivity index (χ2v) is 7.84. The van der Waals surface area contributed by atoms with Gasteiger partial charge in [-0.15, -0.1) is 0 Å². The predicted octanol–water partition coefficient (Wildman–Crippen LogP) is 3.38. The Kier molecular flexibility index (Phi) is 6.99. The van der Waals surface area contributed by atoms with Crippen molar-refractivity contribution in [1.82, 2.24) is 15.0 Å². The van der Waals surface area contributed by atoms with Gasteiger partial charge in [-0.2, -0.15) is 4.98 Å². The number of amides is 1. The monoisotopic (exact) mass is 450 g/mol. The summed E-state index contributed by atoms with van der Waals surface area (Å²) in [5, 5.41) is 6.96. The van der Waals surface area contributed by atoms with Crippen molar-refractivity contribution >= 4 is 17.6 Å². The zero-order chi connectivity index (χ0) is 23.2. The number of nitrogens with zero attached hydrogens (tertiary/aromatic N) is 3. The second-order valence-electron chi connectivity index (χ2n) is 7.84. The number of hydrogen-bond acceptors (Lipinski definition) is 8. The van der Waals surface area contributed by atoms with Crippen LogP contribution in [0.1, 0.15) is 29.1 Å². The fraction of sp³-hybridized carbons (Fsp3) is 0.333. The van der Waals surface area contributed by atoms with Gasteiger partial charge < -0.3 is 19.3 Å². The smallest absolute Gasteiger partial charge is 0.339 e. The number of likely N-dealkylation sites (tertiary alicyclic amines) is 1. The minimum absolute atomic E-state index is 0.125. The van der Waals surface area contributed by atoms with Crippen molar-refractivity contribution < 1.29 is 23.6 Å². The van der Waals surface area contributed by atoms with Gasteiger partial charge in [-0.25, -0.2) is 4.79 Å². The van der Waals surface area contributed by atoms with E-state index in [0.29, 0.717) is 36.1 Å². The maximum absolute atomic E-state index is 12.9. The zero-order valence-electron chi connectivity index (χ0n) is 18.6. The molecule has 2 heterocycles. The van der Waals surface area contributed by atoms with Crippen LogP contribution < -0.4 is 10.1 Å². The number of anilines is 1. The normalized spacial score (nSPS) is 16.2. The lowest BCUT2D eigenvalue weighted by atomic mass is 9.97. The summed E-state index contributed by atoms with van der Waals surface area (Å²) in [6.07, 6.45) is 1.64. The van der Waals surface area contributed by atoms with Crippen molar-refractivity contribution in [2.75, 3.05) is 32.6 Å². The molecule has 9 nitrogen and oxygen atoms in total. The Morgan fingerprint density at radius 2 is 1.94 bits per heavy atom. The lowest BCUT2D eigenvalue weighted by Gasteiger charge is -2.31. The first-order chi connectivity index (χ1) is 16.1. The molecule has 0 aliphatic carbocycles. The van der Waals surface area contributed by atoms with Crippen LogP contribution in [0.5, 0.6) is 5.75 Å². The number of ether oxygens (including phenoxy) is 2. The third kappa shape index (κ3) is 5.38. The lowest BCUT2D eigenvalue weighted by molar-refractivity contribution is -0.121. The quantitative estimate of drug-likeness (QED) is 0.546. The average molecular weight is 450 g/mol. The maximum Gasteiger partial charge on any atom is 0.339 e. The van der Waals surface area contributed by atoms with E-state index in [1.807, 2.05) is 24.3 Å². The Labute approximate surface area is 191 Å². The van der Waals surface area contributed by atoms with E-state index in [4.69, 9.17) is 14.0 Å². The van der Waals surface area contributed by atoms with Crippen LogP contribution in [0.15, 0.2) is 53.1 Å². The van der Waals surface area contributed by atoms with E-state index >= 15 is 0 Å². The van der Waals surface area contributed by atoms with E-state index in [0.717, 1.165) is 30.7 Å². The summed E-state index contributed by atoms with van der Waals surface area (Å²) in [7, 11) is 2.93. The number of aromatic nitrogens is 2. The second kappa shape index (κ2) is 10.3. The third-order valence-electron chi connectivity index (χ3n) is 5.64. The van der Waals surface area contributed by atoms with E-state index in [1.54, 1.807) is 31.4 Å². The van der Waals surface area contributed by atoms with E-state index in [-0.39, 0.29) is 11.8 Å². The van der Waals surface area contributed by atoms with Crippen LogP contribution in [0.4, 0.5) is 5.69 Å². The van der Waals surface area contributed by atoms with Gasteiger partial charge in [0.15, 0.2) is 0 Å². The Balaban J connectivity index is 1.38. The van der Waals surface area contributed by atoms with Gasteiger partial charge in [0.05, 0.1) is 37.9 Å². The number of carbonyl (C=O) groups excluding carboxylic acids is 2. The molecule has 1 aliphatic rings. The molecule has 1 fully saturated rings. The fourth-order valence-electron chi connectivity index (χ4n) is 3.90. The summed E-state index contributed by atoms with van der Waals surface area (Å²) in [5.74, 6) is 0.944. The molecule has 4 rings (SSSR count). The van der Waals surface area contributed by atoms with Gasteiger partial charge in [0.2, 0.25) is 17.6 Å². The summed E-state index contributed by atoms with van der Waals surface area (Å²) in [5.41, 5.74) is 1.62. The first-order valence-electron chi connectivity index (χ1n) is 10.7. The van der Waals surface area contributed by atoms with E-state index in [1.165, 1.54) is 7.11 Å². The molecule has 0 bridgehead atoms. The highest BCUT2D eigenvalue weighted by Gasteiger charge is 2.28. The van der Waals surface area contributed by atoms with E-state index in [2.05, 4.69) is 20.4 Å². The molecule has 1 unspecified atom stereocenters. The highest BCUT2D eigenvalue weighted by Crippen LogP contribution is 2.24. The van der Waals surface area contributed by atoms with Crippen LogP contribution in [-0.4, -0.2) is 54.2 Å². The Morgan fingerprint density at radius 1 is 1.15 bits per heavy atom. The number of benzene rings is 2. The summed E-state index contributed by atoms with van der Waals surface area (Å²) in [4.78, 5) is 31.5. The highest BCUT2D eigenvalue weighted by atomic mass is 16.5. The van der Waals surface area contributed by atoms with E-state index < -0.39 is 5.97 Å². The minimum Gasteiger partial charge on any atom is -0.497 e. The highest BCUT2D eigenvalue weighted by molar-refractivity contribution is 6.01. The lowest BCUT2D eigenvalue weighted by Crippen LogP contribution is -2.40. The SMILES string of the molecule is COC(=O)c1ccccc1NC(=O)C1CCCN(Cc2nc(-c3ccc(OC)cc3)no2)C1. The standard InChI is InChI=1S/C24H26N4O5/c1-31-18-11-9-16(10-12-18)22-26-21(33-27-22)15-28-13-5-6-17(14-28)23(29)25-20-8-4-3-7-19(20)24(30)32-2/h3-4,7-12,17H,5-6,13-15H2,1-2H3,(H,25,29). The summed E-state index contributed by atoms with van der Waals surface area (Å²) >= 11 is 0. The van der Waals surface area contributed by atoms with Crippen molar-refractivity contribution in [2.45, 2.75) is 19.4 Å². The fourth-order valence-corrected chi connectivity index (χ4v) is 3.90. The maximum atomic E-state index is 12.9. The molecule has 0 saturated carbocycles. The third-order valence-corrected chi connectivity index (χ3v) is 5.64. The Bertz CT molecular complexity index is 1110. The van der Waals surface area contributed by atoms with Crippen LogP contribution in [0.2, 0.25) is 0 Å². The average Bonchev–Trinajstić information content (AvgIpc) is 3.32. The summed E-state index contributed by atoms with van der Waals surface area (Å²) in [6, 6.07) is 14.3. The molecule has 33 heavy (non-hydrogen) atoms. The molecule has 1 N–H and O–H groups in total. The zero-order valence-corrected chi connectivity index (χ0v) is 18.6. The van der Waals surface area contributed by atoms with Gasteiger partial charge in [-0.1, -0.05) is 17.3 Å². The predicted molar refractivity (Wildman–Crippen MR) is 121 cm³/mol. The molecule has 0 spiro atoms.